The Balaban J connectivity index is 2.18. The van der Waals surface area contributed by atoms with Crippen LogP contribution in [0.2, 0.25) is 0 Å². The monoisotopic (exact) mass is 252 g/mol. The van der Waals surface area contributed by atoms with Gasteiger partial charge in [-0.15, -0.1) is 0 Å². The average Bonchev–Trinajstić information content (AvgIpc) is 3.08. The normalized spacial score (nSPS) is 25.6. The highest BCUT2D eigenvalue weighted by Crippen LogP contribution is 2.50. The predicted molar refractivity (Wildman–Crippen MR) is 70.2 cm³/mol. The quantitative estimate of drug-likeness (QED) is 0.768. The molecule has 0 bridgehead atoms. The molecule has 4 nitrogen and oxygen atoms in total. The first-order valence-corrected chi connectivity index (χ1v) is 7.04. The van der Waals surface area contributed by atoms with Crippen molar-refractivity contribution in [3.05, 3.63) is 0 Å². The fraction of sp³-hybridized carbons (Fsp3) is 0.857. The second-order valence-corrected chi connectivity index (χ2v) is 6.02. The number of carbonyl (C=O) groups is 2. The molecule has 18 heavy (non-hydrogen) atoms. The number of amides is 1. The van der Waals surface area contributed by atoms with Crippen molar-refractivity contribution >= 4 is 11.7 Å². The van der Waals surface area contributed by atoms with Crippen LogP contribution in [0.3, 0.4) is 0 Å². The fourth-order valence-corrected chi connectivity index (χ4v) is 3.11. The van der Waals surface area contributed by atoms with Gasteiger partial charge in [0.25, 0.3) is 5.91 Å². The molecule has 1 amide bonds. The number of Topliss-reactive ketones (excluding diaryl/α,β-unsaturated/α-hetero) is 1. The standard InChI is InChI=1S/C14H24N2O2/c1-10(2)12(17)13(18)16-11(9-15-3)5-4-6-14(16)7-8-14/h10-11,15H,4-9H2,1-3H3. The number of likely N-dealkylation sites (N-methyl/N-ethyl adjacent to an activating group) is 1. The molecule has 1 unspecified atom stereocenters. The number of carbonyl (C=O) groups excluding carboxylic acids is 2. The molecule has 1 heterocycles. The molecule has 2 aliphatic rings. The van der Waals surface area contributed by atoms with E-state index in [1.54, 1.807) is 13.8 Å². The van der Waals surface area contributed by atoms with Gasteiger partial charge in [0.1, 0.15) is 0 Å². The Morgan fingerprint density at radius 1 is 1.33 bits per heavy atom. The molecule has 102 valence electrons. The van der Waals surface area contributed by atoms with E-state index in [1.165, 1.54) is 6.42 Å². The minimum Gasteiger partial charge on any atom is -0.326 e. The smallest absolute Gasteiger partial charge is 0.290 e. The maximum Gasteiger partial charge on any atom is 0.290 e. The SMILES string of the molecule is CNCC1CCCC2(CC2)N1C(=O)C(=O)C(C)C. The van der Waals surface area contributed by atoms with Crippen LogP contribution in [0.1, 0.15) is 46.0 Å². The van der Waals surface area contributed by atoms with Crippen LogP contribution in [0.15, 0.2) is 0 Å². The molecular formula is C14H24N2O2. The van der Waals surface area contributed by atoms with Crippen LogP contribution in [0, 0.1) is 5.92 Å². The molecule has 4 heteroatoms. The third kappa shape index (κ3) is 2.30. The summed E-state index contributed by atoms with van der Waals surface area (Å²) in [6.45, 7) is 4.40. The first-order chi connectivity index (χ1) is 8.52. The number of rotatable bonds is 4. The third-order valence-electron chi connectivity index (χ3n) is 4.28. The molecule has 1 saturated heterocycles. The Morgan fingerprint density at radius 2 is 2.00 bits per heavy atom. The van der Waals surface area contributed by atoms with Crippen LogP contribution in [-0.2, 0) is 9.59 Å². The van der Waals surface area contributed by atoms with Gasteiger partial charge in [-0.2, -0.15) is 0 Å². The third-order valence-corrected chi connectivity index (χ3v) is 4.28. The maximum absolute atomic E-state index is 12.4. The van der Waals surface area contributed by atoms with Crippen molar-refractivity contribution in [3.63, 3.8) is 0 Å². The summed E-state index contributed by atoms with van der Waals surface area (Å²) in [6.07, 6.45) is 5.41. The van der Waals surface area contributed by atoms with Crippen molar-refractivity contribution in [2.75, 3.05) is 13.6 Å². The Morgan fingerprint density at radius 3 is 2.50 bits per heavy atom. The summed E-state index contributed by atoms with van der Waals surface area (Å²) in [5.74, 6) is -0.683. The predicted octanol–water partition coefficient (Wildman–Crippen LogP) is 1.34. The van der Waals surface area contributed by atoms with Gasteiger partial charge >= 0.3 is 0 Å². The highest BCUT2D eigenvalue weighted by Gasteiger charge is 2.54. The zero-order valence-electron chi connectivity index (χ0n) is 11.7. The number of hydrogen-bond donors (Lipinski definition) is 1. The van der Waals surface area contributed by atoms with Gasteiger partial charge in [0.15, 0.2) is 0 Å². The van der Waals surface area contributed by atoms with E-state index in [0.29, 0.717) is 0 Å². The van der Waals surface area contributed by atoms with Crippen LogP contribution in [0.5, 0.6) is 0 Å². The molecule has 1 saturated carbocycles. The molecule has 1 atom stereocenters. The molecule has 2 rings (SSSR count). The number of ketones is 1. The molecule has 0 aromatic heterocycles. The molecule has 1 N–H and O–H groups in total. The summed E-state index contributed by atoms with van der Waals surface area (Å²) in [5.41, 5.74) is 0.0292. The second-order valence-electron chi connectivity index (χ2n) is 6.02. The van der Waals surface area contributed by atoms with Crippen molar-refractivity contribution in [3.8, 4) is 0 Å². The molecule has 1 aliphatic carbocycles. The molecule has 0 aromatic rings. The van der Waals surface area contributed by atoms with Gasteiger partial charge in [-0.3, -0.25) is 9.59 Å². The lowest BCUT2D eigenvalue weighted by Gasteiger charge is -2.43. The van der Waals surface area contributed by atoms with E-state index in [9.17, 15) is 9.59 Å². The minimum absolute atomic E-state index is 0.0292. The van der Waals surface area contributed by atoms with Crippen molar-refractivity contribution in [1.29, 1.82) is 0 Å². The van der Waals surface area contributed by atoms with Crippen LogP contribution >= 0.6 is 0 Å². The zero-order valence-corrected chi connectivity index (χ0v) is 11.7. The van der Waals surface area contributed by atoms with E-state index in [1.807, 2.05) is 11.9 Å². The van der Waals surface area contributed by atoms with Crippen LogP contribution in [0.25, 0.3) is 0 Å². The zero-order chi connectivity index (χ0) is 13.3. The van der Waals surface area contributed by atoms with E-state index in [4.69, 9.17) is 0 Å². The fourth-order valence-electron chi connectivity index (χ4n) is 3.11. The van der Waals surface area contributed by atoms with Crippen LogP contribution < -0.4 is 5.32 Å². The molecule has 0 aromatic carbocycles. The number of piperidine rings is 1. The van der Waals surface area contributed by atoms with Crippen LogP contribution in [-0.4, -0.2) is 41.8 Å². The van der Waals surface area contributed by atoms with Crippen LogP contribution in [0.4, 0.5) is 0 Å². The Hall–Kier alpha value is -0.900. The van der Waals surface area contributed by atoms with Gasteiger partial charge in [0.05, 0.1) is 0 Å². The largest absolute Gasteiger partial charge is 0.326 e. The summed E-state index contributed by atoms with van der Waals surface area (Å²) < 4.78 is 0. The Bertz CT molecular complexity index is 346. The lowest BCUT2D eigenvalue weighted by molar-refractivity contribution is -0.152. The number of nitrogens with zero attached hydrogens (tertiary/aromatic N) is 1. The first-order valence-electron chi connectivity index (χ1n) is 7.04. The lowest BCUT2D eigenvalue weighted by Crippen LogP contribution is -2.57. The average molecular weight is 252 g/mol. The van der Waals surface area contributed by atoms with Gasteiger partial charge in [-0.05, 0) is 39.2 Å². The van der Waals surface area contributed by atoms with E-state index in [-0.39, 0.29) is 29.2 Å². The van der Waals surface area contributed by atoms with Gasteiger partial charge in [-0.1, -0.05) is 13.8 Å². The second kappa shape index (κ2) is 5.00. The lowest BCUT2D eigenvalue weighted by atomic mass is 9.92. The van der Waals surface area contributed by atoms with E-state index < -0.39 is 0 Å². The number of nitrogens with one attached hydrogen (secondary N) is 1. The molecule has 1 spiro atoms. The minimum atomic E-state index is -0.248. The summed E-state index contributed by atoms with van der Waals surface area (Å²) in [4.78, 5) is 26.4. The summed E-state index contributed by atoms with van der Waals surface area (Å²) in [6, 6.07) is 0.196. The maximum atomic E-state index is 12.4. The van der Waals surface area contributed by atoms with Crippen molar-refractivity contribution < 1.29 is 9.59 Å². The molecule has 1 aliphatic heterocycles. The molecule has 0 radical (unpaired) electrons. The number of hydrogen-bond acceptors (Lipinski definition) is 3. The highest BCUT2D eigenvalue weighted by molar-refractivity contribution is 6.37. The Labute approximate surface area is 109 Å². The van der Waals surface area contributed by atoms with Gasteiger partial charge < -0.3 is 10.2 Å². The topological polar surface area (TPSA) is 49.4 Å². The highest BCUT2D eigenvalue weighted by atomic mass is 16.2. The van der Waals surface area contributed by atoms with Crippen molar-refractivity contribution in [1.82, 2.24) is 10.2 Å². The number of likely N-dealkylation sites (tertiary alicyclic amines) is 1. The summed E-state index contributed by atoms with van der Waals surface area (Å²) in [5, 5.41) is 3.15. The van der Waals surface area contributed by atoms with E-state index in [2.05, 4.69) is 5.32 Å². The Kier molecular flexibility index (Phi) is 3.76. The van der Waals surface area contributed by atoms with E-state index >= 15 is 0 Å². The molecular weight excluding hydrogens is 228 g/mol. The van der Waals surface area contributed by atoms with Gasteiger partial charge in [0.2, 0.25) is 5.78 Å². The van der Waals surface area contributed by atoms with Crippen molar-refractivity contribution in [2.45, 2.75) is 57.5 Å². The summed E-state index contributed by atoms with van der Waals surface area (Å²) in [7, 11) is 1.90. The van der Waals surface area contributed by atoms with E-state index in [0.717, 1.165) is 32.2 Å². The van der Waals surface area contributed by atoms with Gasteiger partial charge in [0, 0.05) is 24.0 Å². The molecule has 2 fully saturated rings. The van der Waals surface area contributed by atoms with Gasteiger partial charge in [-0.25, -0.2) is 0 Å². The first kappa shape index (κ1) is 13.5. The summed E-state index contributed by atoms with van der Waals surface area (Å²) >= 11 is 0. The van der Waals surface area contributed by atoms with Crippen molar-refractivity contribution in [2.24, 2.45) is 5.92 Å².